The second-order valence-electron chi connectivity index (χ2n) is 2.55. The second-order valence-corrected chi connectivity index (χ2v) is 3.32. The van der Waals surface area contributed by atoms with E-state index < -0.39 is 0 Å². The van der Waals surface area contributed by atoms with Gasteiger partial charge in [-0.05, 0) is 24.3 Å². The van der Waals surface area contributed by atoms with Crippen molar-refractivity contribution in [2.24, 2.45) is 0 Å². The highest BCUT2D eigenvalue weighted by atomic mass is 35.5. The normalized spacial score (nSPS) is 12.1. The Bertz CT molecular complexity index is 456. The van der Waals surface area contributed by atoms with Gasteiger partial charge in [-0.2, -0.15) is 0 Å². The molecule has 2 rings (SSSR count). The molecule has 0 spiro atoms. The maximum atomic E-state index is 7.50. The van der Waals surface area contributed by atoms with E-state index in [0.717, 1.165) is 0 Å². The highest BCUT2D eigenvalue weighted by Crippen LogP contribution is 2.18. The van der Waals surface area contributed by atoms with Crippen LogP contribution in [0, 0.1) is 0 Å². The molecule has 0 aliphatic rings. The van der Waals surface area contributed by atoms with Crippen molar-refractivity contribution in [3.8, 4) is 11.4 Å². The summed E-state index contributed by atoms with van der Waals surface area (Å²) in [6, 6.07) is 6.37. The van der Waals surface area contributed by atoms with Gasteiger partial charge in [0.15, 0.2) is 0 Å². The average Bonchev–Trinajstić information content (AvgIpc) is 2.14. The predicted molar refractivity (Wildman–Crippen MR) is 57.5 cm³/mol. The highest BCUT2D eigenvalue weighted by Gasteiger charge is 2.01. The van der Waals surface area contributed by atoms with Gasteiger partial charge in [-0.1, -0.05) is 35.3 Å². The van der Waals surface area contributed by atoms with Crippen LogP contribution in [0.25, 0.3) is 11.4 Å². The minimum atomic E-state index is 0.218. The van der Waals surface area contributed by atoms with Gasteiger partial charge in [0.1, 0.15) is 10.3 Å². The van der Waals surface area contributed by atoms with E-state index in [4.69, 9.17) is 25.9 Å². The first-order valence-corrected chi connectivity index (χ1v) is 4.59. The molecule has 2 heterocycles. The Morgan fingerprint density at radius 1 is 0.857 bits per heavy atom. The summed E-state index contributed by atoms with van der Waals surface area (Å²) < 4.78 is 15.0. The third-order valence-corrected chi connectivity index (χ3v) is 1.95. The maximum absolute atomic E-state index is 7.50. The Labute approximate surface area is 94.3 Å². The summed E-state index contributed by atoms with van der Waals surface area (Å²) in [5, 5.41) is 0.437. The van der Waals surface area contributed by atoms with Gasteiger partial charge in [-0.3, -0.25) is 0 Å². The lowest BCUT2D eigenvalue weighted by molar-refractivity contribution is 1.25. The van der Waals surface area contributed by atoms with Crippen LogP contribution in [0.4, 0.5) is 0 Å². The van der Waals surface area contributed by atoms with Gasteiger partial charge >= 0.3 is 0 Å². The fraction of sp³-hybridized carbons (Fsp3) is 0. The first kappa shape index (κ1) is 7.21. The van der Waals surface area contributed by atoms with Crippen molar-refractivity contribution >= 4 is 23.2 Å². The smallest absolute Gasteiger partial charge is 0.129 e. The van der Waals surface area contributed by atoms with Crippen LogP contribution >= 0.6 is 23.2 Å². The number of hydrogen-bond acceptors (Lipinski definition) is 2. The van der Waals surface area contributed by atoms with Gasteiger partial charge in [-0.25, -0.2) is 9.97 Å². The van der Waals surface area contributed by atoms with Gasteiger partial charge < -0.3 is 0 Å². The van der Waals surface area contributed by atoms with E-state index in [-0.39, 0.29) is 22.4 Å². The maximum Gasteiger partial charge on any atom is 0.129 e. The van der Waals surface area contributed by atoms with E-state index in [1.807, 2.05) is 0 Å². The third-order valence-electron chi connectivity index (χ3n) is 1.56. The van der Waals surface area contributed by atoms with Crippen molar-refractivity contribution in [2.75, 3.05) is 0 Å². The average molecular weight is 227 g/mol. The molecule has 0 saturated carbocycles. The van der Waals surface area contributed by atoms with E-state index >= 15 is 0 Å². The minimum absolute atomic E-state index is 0.218. The number of halogens is 2. The molecule has 0 aromatic carbocycles. The zero-order valence-corrected chi connectivity index (χ0v) is 8.47. The first-order chi connectivity index (χ1) is 7.54. The van der Waals surface area contributed by atoms with Crippen molar-refractivity contribution < 1.29 is 2.74 Å². The predicted octanol–water partition coefficient (Wildman–Crippen LogP) is 3.45. The summed E-state index contributed by atoms with van der Waals surface area (Å²) >= 11 is 11.5. The van der Waals surface area contributed by atoms with Gasteiger partial charge in [0.2, 0.25) is 0 Å². The molecule has 0 amide bonds. The summed E-state index contributed by atoms with van der Waals surface area (Å²) in [7, 11) is 0. The van der Waals surface area contributed by atoms with Gasteiger partial charge in [0.05, 0.1) is 14.1 Å². The summed E-state index contributed by atoms with van der Waals surface area (Å²) in [6.45, 7) is 0. The van der Waals surface area contributed by atoms with Crippen LogP contribution in [-0.2, 0) is 0 Å². The van der Waals surface area contributed by atoms with Crippen LogP contribution in [0.15, 0.2) is 36.4 Å². The highest BCUT2D eigenvalue weighted by molar-refractivity contribution is 6.29. The lowest BCUT2D eigenvalue weighted by Gasteiger charge is -1.99. The topological polar surface area (TPSA) is 25.8 Å². The number of rotatable bonds is 1. The molecule has 0 unspecified atom stereocenters. The summed E-state index contributed by atoms with van der Waals surface area (Å²) in [5.74, 6) is 0. The molecule has 0 aliphatic heterocycles. The SMILES string of the molecule is [2H]c1cc(Cl)nc(-c2cc([2H])cc(Cl)n2)c1. The molecular formula is C10H6Cl2N2. The third kappa shape index (κ3) is 2.03. The van der Waals surface area contributed by atoms with Crippen molar-refractivity contribution in [1.82, 2.24) is 9.97 Å². The molecule has 14 heavy (non-hydrogen) atoms. The molecular weight excluding hydrogens is 219 g/mol. The molecule has 0 bridgehead atoms. The van der Waals surface area contributed by atoms with E-state index in [9.17, 15) is 0 Å². The lowest BCUT2D eigenvalue weighted by Crippen LogP contribution is -1.87. The summed E-state index contributed by atoms with van der Waals surface area (Å²) in [6.07, 6.45) is 0. The number of aromatic nitrogens is 2. The van der Waals surface area contributed by atoms with Crippen LogP contribution in [-0.4, -0.2) is 9.97 Å². The summed E-state index contributed by atoms with van der Waals surface area (Å²) in [5.41, 5.74) is 0.877. The van der Waals surface area contributed by atoms with Crippen LogP contribution < -0.4 is 0 Å². The molecule has 70 valence electrons. The molecule has 2 aromatic heterocycles. The zero-order chi connectivity index (χ0) is 11.7. The van der Waals surface area contributed by atoms with Crippen molar-refractivity contribution in [1.29, 1.82) is 0 Å². The molecule has 0 N–H and O–H groups in total. The second kappa shape index (κ2) is 3.95. The number of pyridine rings is 2. The van der Waals surface area contributed by atoms with E-state index in [2.05, 4.69) is 9.97 Å². The fourth-order valence-electron chi connectivity index (χ4n) is 1.00. The Morgan fingerprint density at radius 2 is 1.29 bits per heavy atom. The Kier molecular flexibility index (Phi) is 2.03. The Morgan fingerprint density at radius 3 is 1.64 bits per heavy atom. The summed E-state index contributed by atoms with van der Waals surface area (Å²) in [4.78, 5) is 8.05. The van der Waals surface area contributed by atoms with Crippen LogP contribution in [0.5, 0.6) is 0 Å². The monoisotopic (exact) mass is 226 g/mol. The number of nitrogens with zero attached hydrogens (tertiary/aromatic N) is 2. The van der Waals surface area contributed by atoms with E-state index in [0.29, 0.717) is 11.4 Å². The lowest BCUT2D eigenvalue weighted by atomic mass is 10.2. The van der Waals surface area contributed by atoms with Crippen molar-refractivity contribution in [3.05, 3.63) is 46.7 Å². The van der Waals surface area contributed by atoms with Gasteiger partial charge in [0, 0.05) is 0 Å². The van der Waals surface area contributed by atoms with Gasteiger partial charge in [-0.15, -0.1) is 0 Å². The molecule has 0 fully saturated rings. The Balaban J connectivity index is 2.57. The largest absolute Gasteiger partial charge is 0.234 e. The Hall–Kier alpha value is -1.12. The van der Waals surface area contributed by atoms with Crippen LogP contribution in [0.2, 0.25) is 10.3 Å². The molecule has 2 aromatic rings. The standard InChI is InChI=1S/C10H6Cl2N2/c11-9-5-1-3-7(13-9)8-4-2-6-10(12)14-8/h1-6H/i1D,2D. The van der Waals surface area contributed by atoms with Crippen LogP contribution in [0.3, 0.4) is 0 Å². The minimum Gasteiger partial charge on any atom is -0.234 e. The first-order valence-electron chi connectivity index (χ1n) is 4.83. The molecule has 0 atom stereocenters. The van der Waals surface area contributed by atoms with Gasteiger partial charge in [0.25, 0.3) is 0 Å². The van der Waals surface area contributed by atoms with Crippen LogP contribution in [0.1, 0.15) is 2.74 Å². The quantitative estimate of drug-likeness (QED) is 0.697. The molecule has 2 nitrogen and oxygen atoms in total. The zero-order valence-electron chi connectivity index (χ0n) is 8.96. The van der Waals surface area contributed by atoms with E-state index in [1.165, 1.54) is 24.3 Å². The molecule has 4 heteroatoms. The molecule has 0 radical (unpaired) electrons. The molecule has 0 aliphatic carbocycles. The number of hydrogen-bond donors (Lipinski definition) is 0. The molecule has 0 saturated heterocycles. The van der Waals surface area contributed by atoms with Crippen molar-refractivity contribution in [3.63, 3.8) is 0 Å². The van der Waals surface area contributed by atoms with Crippen molar-refractivity contribution in [2.45, 2.75) is 0 Å². The van der Waals surface area contributed by atoms with E-state index in [1.54, 1.807) is 0 Å². The fourth-order valence-corrected chi connectivity index (χ4v) is 1.31.